The van der Waals surface area contributed by atoms with Crippen molar-refractivity contribution in [2.24, 2.45) is 5.92 Å². The molecule has 2 atom stereocenters. The molecule has 1 aliphatic rings. The first-order chi connectivity index (χ1) is 12.0. The summed E-state index contributed by atoms with van der Waals surface area (Å²) in [6.45, 7) is 0.299. The maximum absolute atomic E-state index is 12.9. The van der Waals surface area contributed by atoms with Crippen LogP contribution in [-0.2, 0) is 9.59 Å². The fraction of sp³-hybridized carbons (Fsp3) is 0.263. The van der Waals surface area contributed by atoms with Gasteiger partial charge < -0.3 is 10.6 Å². The molecule has 0 heterocycles. The summed E-state index contributed by atoms with van der Waals surface area (Å²) in [7, 11) is 0. The Kier molecular flexibility index (Phi) is 5.48. The van der Waals surface area contributed by atoms with Crippen molar-refractivity contribution in [2.45, 2.75) is 18.8 Å². The van der Waals surface area contributed by atoms with Crippen molar-refractivity contribution < 1.29 is 14.0 Å². The molecule has 1 fully saturated rings. The second-order valence-electron chi connectivity index (χ2n) is 6.10. The van der Waals surface area contributed by atoms with Crippen LogP contribution in [0, 0.1) is 11.7 Å². The molecule has 1 saturated carbocycles. The third-order valence-electron chi connectivity index (χ3n) is 4.20. The summed E-state index contributed by atoms with van der Waals surface area (Å²) < 4.78 is 13.9. The third-order valence-corrected chi connectivity index (χ3v) is 4.73. The highest BCUT2D eigenvalue weighted by Crippen LogP contribution is 2.47. The average molecular weight is 405 g/mol. The number of nitrogens with one attached hydrogen (secondary N) is 2. The minimum atomic E-state index is -0.276. The van der Waals surface area contributed by atoms with Crippen LogP contribution in [0.1, 0.15) is 24.3 Å². The zero-order valence-corrected chi connectivity index (χ0v) is 15.1. The lowest BCUT2D eigenvalue weighted by atomic mass is 10.1. The Morgan fingerprint density at radius 3 is 2.44 bits per heavy atom. The van der Waals surface area contributed by atoms with Crippen LogP contribution in [0.3, 0.4) is 0 Å². The van der Waals surface area contributed by atoms with Crippen LogP contribution in [0.25, 0.3) is 0 Å². The van der Waals surface area contributed by atoms with Gasteiger partial charge in [-0.1, -0.05) is 28.1 Å². The monoisotopic (exact) mass is 404 g/mol. The molecule has 0 saturated heterocycles. The number of rotatable bonds is 6. The van der Waals surface area contributed by atoms with E-state index in [1.807, 2.05) is 12.1 Å². The summed E-state index contributed by atoms with van der Waals surface area (Å²) in [4.78, 5) is 24.0. The van der Waals surface area contributed by atoms with E-state index in [9.17, 15) is 14.0 Å². The van der Waals surface area contributed by atoms with Gasteiger partial charge in [0.25, 0.3) is 0 Å². The van der Waals surface area contributed by atoms with Crippen LogP contribution < -0.4 is 10.6 Å². The normalized spacial score (nSPS) is 18.5. The van der Waals surface area contributed by atoms with Gasteiger partial charge in [0.15, 0.2) is 0 Å². The summed E-state index contributed by atoms with van der Waals surface area (Å²) in [5, 5.41) is 5.58. The van der Waals surface area contributed by atoms with Crippen molar-refractivity contribution in [1.29, 1.82) is 0 Å². The van der Waals surface area contributed by atoms with Crippen LogP contribution in [-0.4, -0.2) is 18.4 Å². The first-order valence-corrected chi connectivity index (χ1v) is 8.91. The predicted molar refractivity (Wildman–Crippen MR) is 97.6 cm³/mol. The topological polar surface area (TPSA) is 58.2 Å². The number of carbonyl (C=O) groups excluding carboxylic acids is 2. The fourth-order valence-electron chi connectivity index (χ4n) is 2.75. The minimum absolute atomic E-state index is 0.0502. The Bertz CT molecular complexity index is 762. The molecule has 2 N–H and O–H groups in total. The van der Waals surface area contributed by atoms with Crippen molar-refractivity contribution in [3.63, 3.8) is 0 Å². The number of hydrogen-bond donors (Lipinski definition) is 2. The molecule has 130 valence electrons. The Morgan fingerprint density at radius 2 is 1.76 bits per heavy atom. The number of hydrogen-bond acceptors (Lipinski definition) is 2. The molecule has 2 aromatic carbocycles. The number of halogens is 2. The molecule has 0 aliphatic heterocycles. The molecule has 2 amide bonds. The molecule has 3 rings (SSSR count). The lowest BCUT2D eigenvalue weighted by Gasteiger charge is -2.07. The lowest BCUT2D eigenvalue weighted by molar-refractivity contribution is -0.122. The summed E-state index contributed by atoms with van der Waals surface area (Å²) in [5.41, 5.74) is 1.70. The summed E-state index contributed by atoms with van der Waals surface area (Å²) in [6, 6.07) is 13.6. The quantitative estimate of drug-likeness (QED) is 0.768. The highest BCUT2D eigenvalue weighted by atomic mass is 79.9. The fourth-order valence-corrected chi connectivity index (χ4v) is 3.01. The SMILES string of the molecule is O=C(CCNC(=O)C1CC1c1ccc(F)cc1)Nc1ccc(Br)cc1. The van der Waals surface area contributed by atoms with Crippen molar-refractivity contribution >= 4 is 33.4 Å². The zero-order valence-electron chi connectivity index (χ0n) is 13.5. The number of benzene rings is 2. The number of amides is 2. The van der Waals surface area contributed by atoms with Gasteiger partial charge in [-0.3, -0.25) is 9.59 Å². The second-order valence-corrected chi connectivity index (χ2v) is 7.01. The Hall–Kier alpha value is -2.21. The first-order valence-electron chi connectivity index (χ1n) is 8.11. The molecular formula is C19H18BrFN2O2. The van der Waals surface area contributed by atoms with Crippen LogP contribution in [0.4, 0.5) is 10.1 Å². The highest BCUT2D eigenvalue weighted by Gasteiger charge is 2.43. The van der Waals surface area contributed by atoms with E-state index in [-0.39, 0.29) is 35.9 Å². The number of anilines is 1. The van der Waals surface area contributed by atoms with Crippen LogP contribution in [0.15, 0.2) is 53.0 Å². The van der Waals surface area contributed by atoms with Gasteiger partial charge in [-0.2, -0.15) is 0 Å². The van der Waals surface area contributed by atoms with E-state index in [0.29, 0.717) is 6.54 Å². The van der Waals surface area contributed by atoms with Crippen molar-refractivity contribution in [3.05, 3.63) is 64.4 Å². The summed E-state index contributed by atoms with van der Waals surface area (Å²) in [6.07, 6.45) is 0.984. The standard InChI is InChI=1S/C19H18BrFN2O2/c20-13-3-7-15(8-4-13)23-18(24)9-10-22-19(25)17-11-16(17)12-1-5-14(21)6-2-12/h1-8,16-17H,9-11H2,(H,22,25)(H,23,24). The smallest absolute Gasteiger partial charge is 0.226 e. The Morgan fingerprint density at radius 1 is 1.08 bits per heavy atom. The number of carbonyl (C=O) groups is 2. The summed E-state index contributed by atoms with van der Waals surface area (Å²) in [5.74, 6) is -0.404. The van der Waals surface area contributed by atoms with E-state index in [4.69, 9.17) is 0 Å². The Labute approximate surface area is 153 Å². The van der Waals surface area contributed by atoms with Gasteiger partial charge >= 0.3 is 0 Å². The molecule has 4 nitrogen and oxygen atoms in total. The molecule has 2 aromatic rings. The second kappa shape index (κ2) is 7.78. The largest absolute Gasteiger partial charge is 0.355 e. The zero-order chi connectivity index (χ0) is 17.8. The van der Waals surface area contributed by atoms with Gasteiger partial charge in [-0.15, -0.1) is 0 Å². The molecule has 2 unspecified atom stereocenters. The predicted octanol–water partition coefficient (Wildman–Crippen LogP) is 3.84. The molecule has 6 heteroatoms. The van der Waals surface area contributed by atoms with E-state index >= 15 is 0 Å². The molecule has 0 bridgehead atoms. The average Bonchev–Trinajstić information content (AvgIpc) is 3.38. The van der Waals surface area contributed by atoms with Gasteiger partial charge in [-0.25, -0.2) is 4.39 Å². The molecule has 0 radical (unpaired) electrons. The summed E-state index contributed by atoms with van der Waals surface area (Å²) >= 11 is 3.34. The molecule has 25 heavy (non-hydrogen) atoms. The minimum Gasteiger partial charge on any atom is -0.355 e. The van der Waals surface area contributed by atoms with Gasteiger partial charge in [0, 0.05) is 29.0 Å². The van der Waals surface area contributed by atoms with Crippen molar-refractivity contribution in [3.8, 4) is 0 Å². The third kappa shape index (κ3) is 4.89. The van der Waals surface area contributed by atoms with E-state index in [1.165, 1.54) is 12.1 Å². The highest BCUT2D eigenvalue weighted by molar-refractivity contribution is 9.10. The van der Waals surface area contributed by atoms with Gasteiger partial charge in [-0.05, 0) is 54.3 Å². The van der Waals surface area contributed by atoms with E-state index in [2.05, 4.69) is 26.6 Å². The molecular weight excluding hydrogens is 387 g/mol. The van der Waals surface area contributed by atoms with Gasteiger partial charge in [0.05, 0.1) is 0 Å². The van der Waals surface area contributed by atoms with Crippen molar-refractivity contribution in [1.82, 2.24) is 5.32 Å². The van der Waals surface area contributed by atoms with Crippen LogP contribution in [0.2, 0.25) is 0 Å². The maximum atomic E-state index is 12.9. The van der Waals surface area contributed by atoms with E-state index in [1.54, 1.807) is 24.3 Å². The maximum Gasteiger partial charge on any atom is 0.226 e. The molecule has 0 spiro atoms. The van der Waals surface area contributed by atoms with Crippen LogP contribution >= 0.6 is 15.9 Å². The molecule has 0 aromatic heterocycles. The van der Waals surface area contributed by atoms with Crippen molar-refractivity contribution in [2.75, 3.05) is 11.9 Å². The lowest BCUT2D eigenvalue weighted by Crippen LogP contribution is -2.29. The van der Waals surface area contributed by atoms with Gasteiger partial charge in [0.1, 0.15) is 5.82 Å². The van der Waals surface area contributed by atoms with E-state index < -0.39 is 0 Å². The first kappa shape index (κ1) is 17.6. The molecule has 1 aliphatic carbocycles. The van der Waals surface area contributed by atoms with Gasteiger partial charge in [0.2, 0.25) is 11.8 Å². The Balaban J connectivity index is 1.39. The van der Waals surface area contributed by atoms with E-state index in [0.717, 1.165) is 22.1 Å². The van der Waals surface area contributed by atoms with Crippen LogP contribution in [0.5, 0.6) is 0 Å².